The van der Waals surface area contributed by atoms with Gasteiger partial charge < -0.3 is 9.53 Å². The maximum absolute atomic E-state index is 10.3. The second-order valence-corrected chi connectivity index (χ2v) is 4.34. The Labute approximate surface area is 111 Å². The van der Waals surface area contributed by atoms with Crippen molar-refractivity contribution in [2.24, 2.45) is 0 Å². The Morgan fingerprint density at radius 3 is 2.06 bits per heavy atom. The highest BCUT2D eigenvalue weighted by atomic mass is 35.5. The summed E-state index contributed by atoms with van der Waals surface area (Å²) < 4.78 is 5.66. The molecule has 0 aromatic heterocycles. The molecule has 2 aromatic carbocycles. The second kappa shape index (κ2) is 6.22. The van der Waals surface area contributed by atoms with Gasteiger partial charge in [-0.3, -0.25) is 0 Å². The third kappa shape index (κ3) is 3.60. The van der Waals surface area contributed by atoms with Crippen molar-refractivity contribution in [3.63, 3.8) is 0 Å². The molecule has 0 bridgehead atoms. The van der Waals surface area contributed by atoms with Crippen molar-refractivity contribution < 1.29 is 9.53 Å². The van der Waals surface area contributed by atoms with E-state index < -0.39 is 0 Å². The van der Waals surface area contributed by atoms with E-state index in [2.05, 4.69) is 0 Å². The summed E-state index contributed by atoms with van der Waals surface area (Å²) >= 11 is 5.80. The molecule has 18 heavy (non-hydrogen) atoms. The van der Waals surface area contributed by atoms with Crippen LogP contribution in [0.15, 0.2) is 48.5 Å². The Hall–Kier alpha value is -1.80. The third-order valence-corrected chi connectivity index (χ3v) is 2.78. The van der Waals surface area contributed by atoms with Gasteiger partial charge in [0, 0.05) is 11.4 Å². The molecule has 2 rings (SSSR count). The fraction of sp³-hybridized carbons (Fsp3) is 0.133. The van der Waals surface area contributed by atoms with E-state index in [1.54, 1.807) is 12.1 Å². The molecule has 0 spiro atoms. The van der Waals surface area contributed by atoms with Crippen LogP contribution in [0.1, 0.15) is 12.0 Å². The standard InChI is InChI=1S/C15H13ClO2/c16-13-5-9-15(10-6-13)18-14-7-3-12(4-8-14)2-1-11-17/h3-11H,1-2H2. The van der Waals surface area contributed by atoms with E-state index in [0.717, 1.165) is 29.8 Å². The number of ether oxygens (including phenoxy) is 1. The number of hydrogen-bond donors (Lipinski definition) is 0. The number of benzene rings is 2. The molecule has 2 aromatic rings. The van der Waals surface area contributed by atoms with Gasteiger partial charge in [0.15, 0.2) is 0 Å². The molecule has 2 nitrogen and oxygen atoms in total. The van der Waals surface area contributed by atoms with Crippen LogP contribution in [0.4, 0.5) is 0 Å². The summed E-state index contributed by atoms with van der Waals surface area (Å²) in [6.45, 7) is 0. The van der Waals surface area contributed by atoms with Gasteiger partial charge in [0.1, 0.15) is 17.8 Å². The molecule has 0 N–H and O–H groups in total. The van der Waals surface area contributed by atoms with Gasteiger partial charge in [0.05, 0.1) is 0 Å². The van der Waals surface area contributed by atoms with Crippen molar-refractivity contribution in [3.05, 3.63) is 59.1 Å². The summed E-state index contributed by atoms with van der Waals surface area (Å²) in [6, 6.07) is 14.9. The van der Waals surface area contributed by atoms with E-state index >= 15 is 0 Å². The molecule has 0 amide bonds. The molecule has 0 fully saturated rings. The molecule has 0 aliphatic rings. The first-order valence-electron chi connectivity index (χ1n) is 5.74. The predicted octanol–water partition coefficient (Wildman–Crippen LogP) is 4.26. The Balaban J connectivity index is 2.01. The summed E-state index contributed by atoms with van der Waals surface area (Å²) in [5, 5.41) is 0.687. The van der Waals surface area contributed by atoms with Crippen molar-refractivity contribution in [2.45, 2.75) is 12.8 Å². The summed E-state index contributed by atoms with van der Waals surface area (Å²) in [7, 11) is 0. The predicted molar refractivity (Wildman–Crippen MR) is 72.4 cm³/mol. The van der Waals surface area contributed by atoms with Crippen LogP contribution in [0.2, 0.25) is 5.02 Å². The van der Waals surface area contributed by atoms with Gasteiger partial charge in [0.2, 0.25) is 0 Å². The molecule has 0 aliphatic carbocycles. The molecule has 3 heteroatoms. The largest absolute Gasteiger partial charge is 0.457 e. The normalized spacial score (nSPS) is 10.1. The van der Waals surface area contributed by atoms with Gasteiger partial charge in [-0.25, -0.2) is 0 Å². The molecule has 0 heterocycles. The first-order valence-corrected chi connectivity index (χ1v) is 6.12. The van der Waals surface area contributed by atoms with Crippen molar-refractivity contribution in [1.29, 1.82) is 0 Å². The van der Waals surface area contributed by atoms with Crippen molar-refractivity contribution in [2.75, 3.05) is 0 Å². The fourth-order valence-electron chi connectivity index (χ4n) is 1.59. The molecule has 0 saturated carbocycles. The lowest BCUT2D eigenvalue weighted by atomic mass is 10.1. The molecule has 0 radical (unpaired) electrons. The average molecular weight is 261 g/mol. The number of halogens is 1. The van der Waals surface area contributed by atoms with Gasteiger partial charge in [-0.05, 0) is 48.4 Å². The van der Waals surface area contributed by atoms with Crippen LogP contribution in [0.3, 0.4) is 0 Å². The molecule has 0 aliphatic heterocycles. The Morgan fingerprint density at radius 2 is 1.50 bits per heavy atom. The minimum Gasteiger partial charge on any atom is -0.457 e. The quantitative estimate of drug-likeness (QED) is 0.751. The minimum absolute atomic E-state index is 0.553. The number of hydrogen-bond acceptors (Lipinski definition) is 2. The van der Waals surface area contributed by atoms with Crippen molar-refractivity contribution in [3.8, 4) is 11.5 Å². The zero-order valence-corrected chi connectivity index (χ0v) is 10.6. The van der Waals surface area contributed by atoms with E-state index in [4.69, 9.17) is 16.3 Å². The van der Waals surface area contributed by atoms with Gasteiger partial charge in [0.25, 0.3) is 0 Å². The number of rotatable bonds is 5. The lowest BCUT2D eigenvalue weighted by molar-refractivity contribution is -0.107. The second-order valence-electron chi connectivity index (χ2n) is 3.91. The van der Waals surface area contributed by atoms with Crippen molar-refractivity contribution in [1.82, 2.24) is 0 Å². The number of carbonyl (C=O) groups is 1. The number of carbonyl (C=O) groups excluding carboxylic acids is 1. The van der Waals surface area contributed by atoms with Crippen LogP contribution in [0.5, 0.6) is 11.5 Å². The highest BCUT2D eigenvalue weighted by Crippen LogP contribution is 2.23. The number of aryl methyl sites for hydroxylation is 1. The van der Waals surface area contributed by atoms with Crippen LogP contribution in [-0.4, -0.2) is 6.29 Å². The topological polar surface area (TPSA) is 26.3 Å². The van der Waals surface area contributed by atoms with Crippen LogP contribution < -0.4 is 4.74 Å². The SMILES string of the molecule is O=CCCc1ccc(Oc2ccc(Cl)cc2)cc1. The maximum atomic E-state index is 10.3. The maximum Gasteiger partial charge on any atom is 0.127 e. The van der Waals surface area contributed by atoms with Gasteiger partial charge in [-0.15, -0.1) is 0 Å². The average Bonchev–Trinajstić information content (AvgIpc) is 2.41. The van der Waals surface area contributed by atoms with E-state index in [1.807, 2.05) is 36.4 Å². The lowest BCUT2D eigenvalue weighted by Crippen LogP contribution is -1.87. The molecular formula is C15H13ClO2. The summed E-state index contributed by atoms with van der Waals surface area (Å²) in [5.74, 6) is 1.52. The molecule has 92 valence electrons. The highest BCUT2D eigenvalue weighted by molar-refractivity contribution is 6.30. The first kappa shape index (κ1) is 12.7. The summed E-state index contributed by atoms with van der Waals surface area (Å²) in [5.41, 5.74) is 1.13. The van der Waals surface area contributed by atoms with E-state index in [0.29, 0.717) is 11.4 Å². The van der Waals surface area contributed by atoms with Gasteiger partial charge >= 0.3 is 0 Å². The zero-order valence-electron chi connectivity index (χ0n) is 9.80. The van der Waals surface area contributed by atoms with Crippen LogP contribution in [0, 0.1) is 0 Å². The van der Waals surface area contributed by atoms with Crippen molar-refractivity contribution >= 4 is 17.9 Å². The van der Waals surface area contributed by atoms with Gasteiger partial charge in [-0.2, -0.15) is 0 Å². The smallest absolute Gasteiger partial charge is 0.127 e. The molecule has 0 unspecified atom stereocenters. The summed E-state index contributed by atoms with van der Waals surface area (Å²) in [6.07, 6.45) is 2.25. The monoisotopic (exact) mass is 260 g/mol. The lowest BCUT2D eigenvalue weighted by Gasteiger charge is -2.06. The molecule has 0 saturated heterocycles. The number of aldehydes is 1. The Morgan fingerprint density at radius 1 is 0.944 bits per heavy atom. The van der Waals surface area contributed by atoms with Crippen LogP contribution in [0.25, 0.3) is 0 Å². The molecular weight excluding hydrogens is 248 g/mol. The Kier molecular flexibility index (Phi) is 4.37. The van der Waals surface area contributed by atoms with E-state index in [-0.39, 0.29) is 0 Å². The zero-order chi connectivity index (χ0) is 12.8. The van der Waals surface area contributed by atoms with Crippen LogP contribution in [-0.2, 0) is 11.2 Å². The highest BCUT2D eigenvalue weighted by Gasteiger charge is 1.98. The minimum atomic E-state index is 0.553. The summed E-state index contributed by atoms with van der Waals surface area (Å²) in [4.78, 5) is 10.3. The Bertz CT molecular complexity index is 503. The van der Waals surface area contributed by atoms with Crippen LogP contribution >= 0.6 is 11.6 Å². The fourth-order valence-corrected chi connectivity index (χ4v) is 1.71. The van der Waals surface area contributed by atoms with Gasteiger partial charge in [-0.1, -0.05) is 23.7 Å². The molecule has 0 atom stereocenters. The first-order chi connectivity index (χ1) is 8.78. The van der Waals surface area contributed by atoms with E-state index in [1.165, 1.54) is 0 Å². The van der Waals surface area contributed by atoms with E-state index in [9.17, 15) is 4.79 Å². The third-order valence-electron chi connectivity index (χ3n) is 2.52.